The first-order chi connectivity index (χ1) is 9.20. The van der Waals surface area contributed by atoms with Gasteiger partial charge in [0.2, 0.25) is 0 Å². The summed E-state index contributed by atoms with van der Waals surface area (Å²) in [7, 11) is 0. The zero-order valence-electron chi connectivity index (χ0n) is 10.1. The maximum atomic E-state index is 11.7. The molecule has 0 radical (unpaired) electrons. The third kappa shape index (κ3) is 1.82. The Labute approximate surface area is 108 Å². The Bertz CT molecular complexity index is 849. The third-order valence-corrected chi connectivity index (χ3v) is 3.13. The van der Waals surface area contributed by atoms with Crippen molar-refractivity contribution >= 4 is 27.5 Å². The summed E-state index contributed by atoms with van der Waals surface area (Å²) in [4.78, 5) is 23.4. The molecule has 0 amide bonds. The molecule has 0 aliphatic carbocycles. The van der Waals surface area contributed by atoms with Crippen LogP contribution in [0.4, 0.5) is 0 Å². The smallest absolute Gasteiger partial charge is 0.347 e. The van der Waals surface area contributed by atoms with E-state index in [0.29, 0.717) is 5.58 Å². The monoisotopic (exact) mass is 253 g/mol. The standard InChI is InChI=1S/C15H11NO3/c16-8-13(17)12-7-11-10-4-2-1-3-9(10)5-6-14(11)19-15(12)18/h1-7H,8,16H2. The van der Waals surface area contributed by atoms with Crippen LogP contribution < -0.4 is 11.4 Å². The number of hydrogen-bond acceptors (Lipinski definition) is 4. The Balaban J connectivity index is 2.45. The Hall–Kier alpha value is -2.46. The van der Waals surface area contributed by atoms with Crippen molar-refractivity contribution in [3.05, 3.63) is 58.4 Å². The van der Waals surface area contributed by atoms with Crippen LogP contribution in [0.15, 0.2) is 51.7 Å². The summed E-state index contributed by atoms with van der Waals surface area (Å²) in [6, 6.07) is 12.9. The summed E-state index contributed by atoms with van der Waals surface area (Å²) in [5, 5.41) is 2.71. The van der Waals surface area contributed by atoms with Crippen molar-refractivity contribution in [1.82, 2.24) is 0 Å². The lowest BCUT2D eigenvalue weighted by Crippen LogP contribution is -2.21. The quantitative estimate of drug-likeness (QED) is 0.431. The van der Waals surface area contributed by atoms with E-state index in [4.69, 9.17) is 10.2 Å². The molecule has 2 aromatic carbocycles. The molecule has 0 unspecified atom stereocenters. The van der Waals surface area contributed by atoms with Crippen LogP contribution in [-0.4, -0.2) is 12.3 Å². The normalized spacial score (nSPS) is 11.0. The summed E-state index contributed by atoms with van der Waals surface area (Å²) in [6.07, 6.45) is 0. The topological polar surface area (TPSA) is 73.3 Å². The van der Waals surface area contributed by atoms with Gasteiger partial charge in [-0.15, -0.1) is 0 Å². The first-order valence-corrected chi connectivity index (χ1v) is 5.89. The molecule has 2 N–H and O–H groups in total. The lowest BCUT2D eigenvalue weighted by molar-refractivity contribution is 0.0998. The molecule has 0 aliphatic heterocycles. The summed E-state index contributed by atoms with van der Waals surface area (Å²) in [5.41, 5.74) is 5.13. The van der Waals surface area contributed by atoms with E-state index in [1.54, 1.807) is 12.1 Å². The number of benzene rings is 2. The Morgan fingerprint density at radius 1 is 1.11 bits per heavy atom. The predicted molar refractivity (Wildman–Crippen MR) is 73.4 cm³/mol. The third-order valence-electron chi connectivity index (χ3n) is 3.13. The van der Waals surface area contributed by atoms with Crippen molar-refractivity contribution in [3.63, 3.8) is 0 Å². The van der Waals surface area contributed by atoms with Gasteiger partial charge in [0.1, 0.15) is 11.1 Å². The SMILES string of the molecule is NCC(=O)c1cc2c(ccc3ccccc32)oc1=O. The molecule has 94 valence electrons. The van der Waals surface area contributed by atoms with Gasteiger partial charge < -0.3 is 10.2 Å². The minimum atomic E-state index is -0.641. The molecule has 0 spiro atoms. The van der Waals surface area contributed by atoms with Crippen molar-refractivity contribution in [2.75, 3.05) is 6.54 Å². The number of carbonyl (C=O) groups is 1. The van der Waals surface area contributed by atoms with E-state index in [1.807, 2.05) is 30.3 Å². The van der Waals surface area contributed by atoms with Gasteiger partial charge in [-0.05, 0) is 22.9 Å². The fraction of sp³-hybridized carbons (Fsp3) is 0.0667. The van der Waals surface area contributed by atoms with E-state index in [2.05, 4.69) is 0 Å². The van der Waals surface area contributed by atoms with E-state index < -0.39 is 11.4 Å². The van der Waals surface area contributed by atoms with Crippen LogP contribution in [0, 0.1) is 0 Å². The number of ketones is 1. The second-order valence-corrected chi connectivity index (χ2v) is 4.27. The fourth-order valence-electron chi connectivity index (χ4n) is 2.18. The average Bonchev–Trinajstić information content (AvgIpc) is 2.45. The van der Waals surface area contributed by atoms with Gasteiger partial charge in [-0.1, -0.05) is 30.3 Å². The molecular weight excluding hydrogens is 242 g/mol. The second kappa shape index (κ2) is 4.33. The number of nitrogens with two attached hydrogens (primary N) is 1. The summed E-state index contributed by atoms with van der Waals surface area (Å²) < 4.78 is 5.19. The number of Topliss-reactive ketones (excluding diaryl/α,β-unsaturated/α-hetero) is 1. The Morgan fingerprint density at radius 2 is 1.89 bits per heavy atom. The summed E-state index contributed by atoms with van der Waals surface area (Å²) in [6.45, 7) is -0.207. The Kier molecular flexibility index (Phi) is 2.65. The minimum absolute atomic E-state index is 0.00588. The first kappa shape index (κ1) is 11.6. The highest BCUT2D eigenvalue weighted by atomic mass is 16.4. The van der Waals surface area contributed by atoms with Crippen LogP contribution in [-0.2, 0) is 0 Å². The van der Waals surface area contributed by atoms with Crippen LogP contribution in [0.3, 0.4) is 0 Å². The summed E-state index contributed by atoms with van der Waals surface area (Å²) >= 11 is 0. The van der Waals surface area contributed by atoms with Crippen molar-refractivity contribution in [2.24, 2.45) is 5.73 Å². The molecular formula is C15H11NO3. The lowest BCUT2D eigenvalue weighted by atomic mass is 10.0. The Morgan fingerprint density at radius 3 is 2.68 bits per heavy atom. The van der Waals surface area contributed by atoms with E-state index in [0.717, 1.165) is 16.2 Å². The van der Waals surface area contributed by atoms with Gasteiger partial charge in [0.15, 0.2) is 5.78 Å². The number of carbonyl (C=O) groups excluding carboxylic acids is 1. The van der Waals surface area contributed by atoms with Crippen LogP contribution in [0.25, 0.3) is 21.7 Å². The molecule has 0 saturated heterocycles. The molecule has 3 rings (SSSR count). The minimum Gasteiger partial charge on any atom is -0.422 e. The predicted octanol–water partition coefficient (Wildman–Crippen LogP) is 2.09. The van der Waals surface area contributed by atoms with Crippen LogP contribution >= 0.6 is 0 Å². The van der Waals surface area contributed by atoms with Gasteiger partial charge in [-0.3, -0.25) is 4.79 Å². The molecule has 4 heteroatoms. The molecule has 4 nitrogen and oxygen atoms in total. The number of hydrogen-bond donors (Lipinski definition) is 1. The molecule has 0 saturated carbocycles. The van der Waals surface area contributed by atoms with Crippen LogP contribution in [0.5, 0.6) is 0 Å². The fourth-order valence-corrected chi connectivity index (χ4v) is 2.18. The van der Waals surface area contributed by atoms with Gasteiger partial charge in [-0.2, -0.15) is 0 Å². The van der Waals surface area contributed by atoms with Gasteiger partial charge in [-0.25, -0.2) is 4.79 Å². The van der Waals surface area contributed by atoms with Crippen LogP contribution in [0.1, 0.15) is 10.4 Å². The van der Waals surface area contributed by atoms with Crippen molar-refractivity contribution in [3.8, 4) is 0 Å². The van der Waals surface area contributed by atoms with E-state index in [-0.39, 0.29) is 12.1 Å². The molecule has 0 fully saturated rings. The molecule has 0 atom stereocenters. The molecule has 19 heavy (non-hydrogen) atoms. The maximum Gasteiger partial charge on any atom is 0.347 e. The average molecular weight is 253 g/mol. The van der Waals surface area contributed by atoms with E-state index >= 15 is 0 Å². The zero-order chi connectivity index (χ0) is 13.4. The second-order valence-electron chi connectivity index (χ2n) is 4.27. The highest BCUT2D eigenvalue weighted by Gasteiger charge is 2.13. The largest absolute Gasteiger partial charge is 0.422 e. The molecule has 1 aromatic heterocycles. The molecule has 3 aromatic rings. The van der Waals surface area contributed by atoms with E-state index in [9.17, 15) is 9.59 Å². The van der Waals surface area contributed by atoms with Crippen molar-refractivity contribution < 1.29 is 9.21 Å². The lowest BCUT2D eigenvalue weighted by Gasteiger charge is -2.04. The van der Waals surface area contributed by atoms with Crippen molar-refractivity contribution in [2.45, 2.75) is 0 Å². The van der Waals surface area contributed by atoms with Gasteiger partial charge in [0.25, 0.3) is 0 Å². The highest BCUT2D eigenvalue weighted by Crippen LogP contribution is 2.24. The highest BCUT2D eigenvalue weighted by molar-refractivity contribution is 6.08. The van der Waals surface area contributed by atoms with Crippen molar-refractivity contribution in [1.29, 1.82) is 0 Å². The number of fused-ring (bicyclic) bond motifs is 3. The maximum absolute atomic E-state index is 11.7. The van der Waals surface area contributed by atoms with Gasteiger partial charge in [0, 0.05) is 5.39 Å². The molecule has 1 heterocycles. The molecule has 0 bridgehead atoms. The number of rotatable bonds is 2. The van der Waals surface area contributed by atoms with Gasteiger partial charge >= 0.3 is 5.63 Å². The molecule has 0 aliphatic rings. The van der Waals surface area contributed by atoms with E-state index in [1.165, 1.54) is 0 Å². The van der Waals surface area contributed by atoms with Gasteiger partial charge in [0.05, 0.1) is 6.54 Å². The zero-order valence-corrected chi connectivity index (χ0v) is 10.1. The van der Waals surface area contributed by atoms with Crippen LogP contribution in [0.2, 0.25) is 0 Å². The summed E-state index contributed by atoms with van der Waals surface area (Å²) in [5.74, 6) is -0.413. The first-order valence-electron chi connectivity index (χ1n) is 5.89.